The van der Waals surface area contributed by atoms with Gasteiger partial charge in [-0.1, -0.05) is 13.3 Å². The van der Waals surface area contributed by atoms with E-state index >= 15 is 0 Å². The highest BCUT2D eigenvalue weighted by Gasteiger charge is 2.09. The van der Waals surface area contributed by atoms with Gasteiger partial charge in [-0.2, -0.15) is 11.3 Å². The predicted octanol–water partition coefficient (Wildman–Crippen LogP) is 3.45. The number of nitrogens with one attached hydrogen (secondary N) is 1. The van der Waals surface area contributed by atoms with Gasteiger partial charge in [-0.05, 0) is 41.1 Å². The van der Waals surface area contributed by atoms with E-state index in [2.05, 4.69) is 12.2 Å². The van der Waals surface area contributed by atoms with Crippen molar-refractivity contribution < 1.29 is 4.79 Å². The highest BCUT2D eigenvalue weighted by atomic mass is 35.5. The van der Waals surface area contributed by atoms with Gasteiger partial charge in [0.05, 0.1) is 6.42 Å². The Labute approximate surface area is 112 Å². The molecule has 1 N–H and O–H groups in total. The normalized spacial score (nSPS) is 12.4. The van der Waals surface area contributed by atoms with Gasteiger partial charge in [-0.25, -0.2) is 0 Å². The van der Waals surface area contributed by atoms with Crippen molar-refractivity contribution in [3.63, 3.8) is 0 Å². The number of thiophene rings is 1. The van der Waals surface area contributed by atoms with E-state index < -0.39 is 0 Å². The van der Waals surface area contributed by atoms with Crippen LogP contribution >= 0.6 is 22.9 Å². The topological polar surface area (TPSA) is 29.1 Å². The molecular formula is C13H20ClNOS. The molecule has 96 valence electrons. The first-order chi connectivity index (χ1) is 8.26. The van der Waals surface area contributed by atoms with Gasteiger partial charge < -0.3 is 5.32 Å². The molecule has 0 saturated heterocycles. The molecule has 1 atom stereocenters. The van der Waals surface area contributed by atoms with E-state index in [4.69, 9.17) is 11.6 Å². The molecule has 0 spiro atoms. The van der Waals surface area contributed by atoms with Crippen LogP contribution in [-0.2, 0) is 11.2 Å². The zero-order valence-electron chi connectivity index (χ0n) is 10.2. The summed E-state index contributed by atoms with van der Waals surface area (Å²) in [7, 11) is 0. The van der Waals surface area contributed by atoms with E-state index in [1.165, 1.54) is 0 Å². The maximum Gasteiger partial charge on any atom is 0.224 e. The number of carbonyl (C=O) groups is 1. The van der Waals surface area contributed by atoms with Crippen molar-refractivity contribution in [2.45, 2.75) is 32.6 Å². The number of hydrogen-bond acceptors (Lipinski definition) is 2. The Balaban J connectivity index is 2.25. The van der Waals surface area contributed by atoms with Crippen LogP contribution in [0.2, 0.25) is 0 Å². The number of carbonyl (C=O) groups excluding carboxylic acids is 1. The molecule has 0 fully saturated rings. The van der Waals surface area contributed by atoms with E-state index in [1.54, 1.807) is 11.3 Å². The highest BCUT2D eigenvalue weighted by molar-refractivity contribution is 7.07. The standard InChI is InChI=1S/C13H20ClNOS/c1-2-3-11(4-6-14)9-15-13(16)8-12-5-7-17-10-12/h5,7,10-11H,2-4,6,8-9H2,1H3,(H,15,16). The average Bonchev–Trinajstić information content (AvgIpc) is 2.79. The Kier molecular flexibility index (Phi) is 7.29. The zero-order chi connectivity index (χ0) is 12.5. The first kappa shape index (κ1) is 14.5. The predicted molar refractivity (Wildman–Crippen MR) is 74.8 cm³/mol. The summed E-state index contributed by atoms with van der Waals surface area (Å²) in [5, 5.41) is 7.01. The second-order valence-corrected chi connectivity index (χ2v) is 5.40. The minimum absolute atomic E-state index is 0.110. The molecular weight excluding hydrogens is 254 g/mol. The lowest BCUT2D eigenvalue weighted by atomic mass is 10.0. The SMILES string of the molecule is CCCC(CCCl)CNC(=O)Cc1ccsc1. The molecule has 1 unspecified atom stereocenters. The third-order valence-corrected chi connectivity index (χ3v) is 3.70. The van der Waals surface area contributed by atoms with Crippen molar-refractivity contribution >= 4 is 28.8 Å². The van der Waals surface area contributed by atoms with E-state index in [-0.39, 0.29) is 5.91 Å². The van der Waals surface area contributed by atoms with Crippen molar-refractivity contribution in [1.82, 2.24) is 5.32 Å². The van der Waals surface area contributed by atoms with E-state index in [0.29, 0.717) is 18.2 Å². The highest BCUT2D eigenvalue weighted by Crippen LogP contribution is 2.11. The number of amides is 1. The molecule has 0 bridgehead atoms. The molecule has 0 aliphatic heterocycles. The van der Waals surface area contributed by atoms with Crippen LogP contribution in [-0.4, -0.2) is 18.3 Å². The van der Waals surface area contributed by atoms with Gasteiger partial charge in [0.1, 0.15) is 0 Å². The van der Waals surface area contributed by atoms with Gasteiger partial charge in [0, 0.05) is 12.4 Å². The molecule has 1 rings (SSSR count). The quantitative estimate of drug-likeness (QED) is 0.722. The monoisotopic (exact) mass is 273 g/mol. The lowest BCUT2D eigenvalue weighted by Crippen LogP contribution is -2.30. The Morgan fingerprint density at radius 2 is 2.35 bits per heavy atom. The second-order valence-electron chi connectivity index (χ2n) is 4.24. The summed E-state index contributed by atoms with van der Waals surface area (Å²) in [6, 6.07) is 1.99. The molecule has 1 heterocycles. The number of rotatable bonds is 8. The zero-order valence-corrected chi connectivity index (χ0v) is 11.8. The Bertz CT molecular complexity index is 307. The van der Waals surface area contributed by atoms with Crippen LogP contribution in [0.25, 0.3) is 0 Å². The largest absolute Gasteiger partial charge is 0.356 e. The molecule has 17 heavy (non-hydrogen) atoms. The fourth-order valence-electron chi connectivity index (χ4n) is 1.81. The van der Waals surface area contributed by atoms with Gasteiger partial charge in [0.25, 0.3) is 0 Å². The first-order valence-electron chi connectivity index (χ1n) is 6.10. The lowest BCUT2D eigenvalue weighted by molar-refractivity contribution is -0.120. The van der Waals surface area contributed by atoms with Crippen molar-refractivity contribution in [2.24, 2.45) is 5.92 Å². The molecule has 4 heteroatoms. The molecule has 0 saturated carbocycles. The Hall–Kier alpha value is -0.540. The maximum absolute atomic E-state index is 11.7. The van der Waals surface area contributed by atoms with Crippen LogP contribution in [0.3, 0.4) is 0 Å². The summed E-state index contributed by atoms with van der Waals surface area (Å²) in [5.74, 6) is 1.30. The van der Waals surface area contributed by atoms with Gasteiger partial charge in [-0.15, -0.1) is 11.6 Å². The van der Waals surface area contributed by atoms with E-state index in [0.717, 1.165) is 31.4 Å². The minimum Gasteiger partial charge on any atom is -0.356 e. The van der Waals surface area contributed by atoms with Crippen LogP contribution in [0.1, 0.15) is 31.7 Å². The fourth-order valence-corrected chi connectivity index (χ4v) is 2.79. The van der Waals surface area contributed by atoms with E-state index in [9.17, 15) is 4.79 Å². The Morgan fingerprint density at radius 3 is 2.94 bits per heavy atom. The third kappa shape index (κ3) is 6.08. The molecule has 2 nitrogen and oxygen atoms in total. The molecule has 1 amide bonds. The molecule has 0 radical (unpaired) electrons. The van der Waals surface area contributed by atoms with Crippen molar-refractivity contribution in [3.8, 4) is 0 Å². The smallest absolute Gasteiger partial charge is 0.224 e. The van der Waals surface area contributed by atoms with Crippen LogP contribution in [0.5, 0.6) is 0 Å². The van der Waals surface area contributed by atoms with Crippen LogP contribution in [0.4, 0.5) is 0 Å². The average molecular weight is 274 g/mol. The van der Waals surface area contributed by atoms with E-state index in [1.807, 2.05) is 16.8 Å². The summed E-state index contributed by atoms with van der Waals surface area (Å²) in [6.45, 7) is 2.91. The molecule has 0 aliphatic carbocycles. The fraction of sp³-hybridized carbons (Fsp3) is 0.615. The first-order valence-corrected chi connectivity index (χ1v) is 7.57. The minimum atomic E-state index is 0.110. The van der Waals surface area contributed by atoms with Gasteiger partial charge >= 0.3 is 0 Å². The van der Waals surface area contributed by atoms with Crippen LogP contribution in [0.15, 0.2) is 16.8 Å². The summed E-state index contributed by atoms with van der Waals surface area (Å²) in [6.07, 6.45) is 3.74. The molecule has 1 aromatic heterocycles. The number of alkyl halides is 1. The lowest BCUT2D eigenvalue weighted by Gasteiger charge is -2.15. The third-order valence-electron chi connectivity index (χ3n) is 2.75. The summed E-state index contributed by atoms with van der Waals surface area (Å²) < 4.78 is 0. The van der Waals surface area contributed by atoms with Gasteiger partial charge in [0.15, 0.2) is 0 Å². The molecule has 1 aromatic rings. The van der Waals surface area contributed by atoms with Crippen molar-refractivity contribution in [2.75, 3.05) is 12.4 Å². The molecule has 0 aliphatic rings. The second kappa shape index (κ2) is 8.54. The maximum atomic E-state index is 11.7. The van der Waals surface area contributed by atoms with Gasteiger partial charge in [0.2, 0.25) is 5.91 Å². The summed E-state index contributed by atoms with van der Waals surface area (Å²) in [5.41, 5.74) is 1.09. The van der Waals surface area contributed by atoms with Gasteiger partial charge in [-0.3, -0.25) is 4.79 Å². The van der Waals surface area contributed by atoms with Crippen LogP contribution < -0.4 is 5.32 Å². The van der Waals surface area contributed by atoms with Crippen molar-refractivity contribution in [1.29, 1.82) is 0 Å². The molecule has 0 aromatic carbocycles. The number of halogens is 1. The summed E-state index contributed by atoms with van der Waals surface area (Å²) in [4.78, 5) is 11.7. The Morgan fingerprint density at radius 1 is 1.53 bits per heavy atom. The summed E-state index contributed by atoms with van der Waals surface area (Å²) >= 11 is 7.38. The van der Waals surface area contributed by atoms with Crippen LogP contribution in [0, 0.1) is 5.92 Å². The van der Waals surface area contributed by atoms with Crippen molar-refractivity contribution in [3.05, 3.63) is 22.4 Å². The number of hydrogen-bond donors (Lipinski definition) is 1.